The minimum absolute atomic E-state index is 0.304. The summed E-state index contributed by atoms with van der Waals surface area (Å²) < 4.78 is 71.7. The number of rotatable bonds is 3. The normalized spacial score (nSPS) is 12.2. The number of nitro groups is 1. The summed E-state index contributed by atoms with van der Waals surface area (Å²) in [5, 5.41) is 10.9. The number of halogens is 3. The second kappa shape index (κ2) is 5.76. The molecule has 0 saturated heterocycles. The van der Waals surface area contributed by atoms with E-state index in [1.165, 1.54) is 0 Å². The zero-order valence-electron chi connectivity index (χ0n) is 11.6. The zero-order valence-corrected chi connectivity index (χ0v) is 12.4. The summed E-state index contributed by atoms with van der Waals surface area (Å²) in [5.41, 5.74) is 1.71. The molecule has 2 aromatic rings. The standard InChI is InChI=1S/C13H9F3N2O5S/c14-13(15,16)8-2-1-3-11(24(21,22)23)12(8)7-4-5-9(17)10(6-7)18(19)20/h1-6H,17H2,(H,21,22,23). The summed E-state index contributed by atoms with van der Waals surface area (Å²) in [6.45, 7) is 0. The van der Waals surface area contributed by atoms with Crippen LogP contribution in [0.4, 0.5) is 24.5 Å². The molecule has 0 bridgehead atoms. The molecular weight excluding hydrogens is 353 g/mol. The molecule has 0 aliphatic carbocycles. The molecule has 0 aliphatic heterocycles. The molecule has 0 spiro atoms. The van der Waals surface area contributed by atoms with Gasteiger partial charge in [-0.1, -0.05) is 12.1 Å². The number of nitrogens with zero attached hydrogens (tertiary/aromatic N) is 1. The predicted molar refractivity (Wildman–Crippen MR) is 77.8 cm³/mol. The van der Waals surface area contributed by atoms with Gasteiger partial charge in [0.15, 0.2) is 0 Å². The summed E-state index contributed by atoms with van der Waals surface area (Å²) in [5.74, 6) is 0. The van der Waals surface area contributed by atoms with Gasteiger partial charge in [0.1, 0.15) is 10.6 Å². The fraction of sp³-hybridized carbons (Fsp3) is 0.0769. The lowest BCUT2D eigenvalue weighted by Gasteiger charge is -2.16. The van der Waals surface area contributed by atoms with Crippen LogP contribution in [0, 0.1) is 10.1 Å². The number of benzene rings is 2. The summed E-state index contributed by atoms with van der Waals surface area (Å²) in [7, 11) is -5.01. The third kappa shape index (κ3) is 3.31. The second-order valence-corrected chi connectivity index (χ2v) is 6.07. The zero-order chi connectivity index (χ0) is 18.3. The van der Waals surface area contributed by atoms with Crippen molar-refractivity contribution in [2.45, 2.75) is 11.1 Å². The second-order valence-electron chi connectivity index (χ2n) is 4.68. The molecule has 0 fully saturated rings. The quantitative estimate of drug-likeness (QED) is 0.374. The molecule has 2 rings (SSSR count). The molecule has 0 heterocycles. The molecular formula is C13H9F3N2O5S. The van der Waals surface area contributed by atoms with Crippen LogP contribution < -0.4 is 5.73 Å². The van der Waals surface area contributed by atoms with Gasteiger partial charge in [-0.2, -0.15) is 21.6 Å². The van der Waals surface area contributed by atoms with Crippen molar-refractivity contribution in [3.8, 4) is 11.1 Å². The maximum Gasteiger partial charge on any atom is 0.417 e. The highest BCUT2D eigenvalue weighted by atomic mass is 32.2. The van der Waals surface area contributed by atoms with Gasteiger partial charge in [0.2, 0.25) is 0 Å². The van der Waals surface area contributed by atoms with Crippen molar-refractivity contribution in [3.63, 3.8) is 0 Å². The Balaban J connectivity index is 2.92. The maximum absolute atomic E-state index is 13.2. The lowest BCUT2D eigenvalue weighted by atomic mass is 9.98. The minimum atomic E-state index is -5.01. The van der Waals surface area contributed by atoms with E-state index in [0.29, 0.717) is 12.1 Å². The maximum atomic E-state index is 13.2. The molecule has 0 radical (unpaired) electrons. The van der Waals surface area contributed by atoms with Crippen molar-refractivity contribution >= 4 is 21.5 Å². The van der Waals surface area contributed by atoms with Crippen molar-refractivity contribution in [1.29, 1.82) is 0 Å². The number of nitrogens with two attached hydrogens (primary N) is 1. The average molecular weight is 362 g/mol. The fourth-order valence-electron chi connectivity index (χ4n) is 2.14. The van der Waals surface area contributed by atoms with Crippen molar-refractivity contribution < 1.29 is 31.1 Å². The van der Waals surface area contributed by atoms with Crippen molar-refractivity contribution in [2.75, 3.05) is 5.73 Å². The van der Waals surface area contributed by atoms with E-state index in [2.05, 4.69) is 0 Å². The Kier molecular flexibility index (Phi) is 4.25. The van der Waals surface area contributed by atoms with Crippen LogP contribution in [0.3, 0.4) is 0 Å². The van der Waals surface area contributed by atoms with Gasteiger partial charge >= 0.3 is 6.18 Å². The predicted octanol–water partition coefficient (Wildman–Crippen LogP) is 3.11. The summed E-state index contributed by atoms with van der Waals surface area (Å²) in [4.78, 5) is 8.97. The Bertz CT molecular complexity index is 926. The fourth-order valence-corrected chi connectivity index (χ4v) is 2.87. The van der Waals surface area contributed by atoms with Crippen LogP contribution in [0.5, 0.6) is 0 Å². The molecule has 3 N–H and O–H groups in total. The van der Waals surface area contributed by atoms with E-state index in [4.69, 9.17) is 5.73 Å². The molecule has 0 amide bonds. The number of nitrogen functional groups attached to an aromatic ring is 1. The minimum Gasteiger partial charge on any atom is -0.393 e. The highest BCUT2D eigenvalue weighted by Crippen LogP contribution is 2.41. The van der Waals surface area contributed by atoms with E-state index >= 15 is 0 Å². The molecule has 0 unspecified atom stereocenters. The third-order valence-electron chi connectivity index (χ3n) is 3.13. The van der Waals surface area contributed by atoms with E-state index in [9.17, 15) is 36.3 Å². The van der Waals surface area contributed by atoms with Crippen LogP contribution in [0.2, 0.25) is 0 Å². The van der Waals surface area contributed by atoms with Gasteiger partial charge in [-0.05, 0) is 23.8 Å². The van der Waals surface area contributed by atoms with Crippen molar-refractivity contribution in [2.24, 2.45) is 0 Å². The Labute approximate surface area is 133 Å². The van der Waals surface area contributed by atoms with Gasteiger partial charge in [0.05, 0.1) is 10.5 Å². The third-order valence-corrected chi connectivity index (χ3v) is 4.02. The van der Waals surface area contributed by atoms with E-state index in [1.807, 2.05) is 0 Å². The molecule has 0 atom stereocenters. The monoisotopic (exact) mass is 362 g/mol. The van der Waals surface area contributed by atoms with E-state index in [0.717, 1.165) is 24.3 Å². The molecule has 7 nitrogen and oxygen atoms in total. The summed E-state index contributed by atoms with van der Waals surface area (Å²) in [6.07, 6.45) is -4.95. The van der Waals surface area contributed by atoms with E-state index < -0.39 is 48.5 Å². The first-order valence-electron chi connectivity index (χ1n) is 6.15. The summed E-state index contributed by atoms with van der Waals surface area (Å²) in [6, 6.07) is 4.88. The van der Waals surface area contributed by atoms with Crippen molar-refractivity contribution in [1.82, 2.24) is 0 Å². The lowest BCUT2D eigenvalue weighted by molar-refractivity contribution is -0.383. The van der Waals surface area contributed by atoms with Crippen LogP contribution in [0.15, 0.2) is 41.3 Å². The van der Waals surface area contributed by atoms with Gasteiger partial charge in [0.25, 0.3) is 15.8 Å². The molecule has 0 aliphatic rings. The first-order chi connectivity index (χ1) is 10.9. The Morgan fingerprint density at radius 2 is 1.79 bits per heavy atom. The number of hydrogen-bond acceptors (Lipinski definition) is 5. The molecule has 24 heavy (non-hydrogen) atoms. The largest absolute Gasteiger partial charge is 0.417 e. The first kappa shape index (κ1) is 17.7. The average Bonchev–Trinajstić information content (AvgIpc) is 2.45. The van der Waals surface area contributed by atoms with Gasteiger partial charge < -0.3 is 5.73 Å². The molecule has 0 saturated carbocycles. The molecule has 2 aromatic carbocycles. The van der Waals surface area contributed by atoms with Crippen LogP contribution in [-0.4, -0.2) is 17.9 Å². The highest BCUT2D eigenvalue weighted by Gasteiger charge is 2.36. The van der Waals surface area contributed by atoms with Gasteiger partial charge in [0, 0.05) is 11.6 Å². The van der Waals surface area contributed by atoms with Gasteiger partial charge in [-0.3, -0.25) is 14.7 Å². The van der Waals surface area contributed by atoms with Crippen LogP contribution in [0.25, 0.3) is 11.1 Å². The van der Waals surface area contributed by atoms with Crippen LogP contribution in [0.1, 0.15) is 5.56 Å². The first-order valence-corrected chi connectivity index (χ1v) is 7.59. The molecule has 11 heteroatoms. The summed E-state index contributed by atoms with van der Waals surface area (Å²) >= 11 is 0. The van der Waals surface area contributed by atoms with E-state index in [1.54, 1.807) is 0 Å². The number of anilines is 1. The highest BCUT2D eigenvalue weighted by molar-refractivity contribution is 7.86. The molecule has 0 aromatic heterocycles. The Morgan fingerprint density at radius 1 is 1.17 bits per heavy atom. The lowest BCUT2D eigenvalue weighted by Crippen LogP contribution is -2.11. The smallest absolute Gasteiger partial charge is 0.393 e. The van der Waals surface area contributed by atoms with Crippen molar-refractivity contribution in [3.05, 3.63) is 52.1 Å². The molecule has 128 valence electrons. The topological polar surface area (TPSA) is 124 Å². The van der Waals surface area contributed by atoms with Gasteiger partial charge in [-0.25, -0.2) is 0 Å². The SMILES string of the molecule is Nc1ccc(-c2c(C(F)(F)F)cccc2S(=O)(=O)O)cc1[N+](=O)[O-]. The Morgan fingerprint density at radius 3 is 2.29 bits per heavy atom. The van der Waals surface area contributed by atoms with Crippen LogP contribution >= 0.6 is 0 Å². The van der Waals surface area contributed by atoms with Crippen LogP contribution in [-0.2, 0) is 16.3 Å². The number of nitro benzene ring substituents is 1. The van der Waals surface area contributed by atoms with Gasteiger partial charge in [-0.15, -0.1) is 0 Å². The Hall–Kier alpha value is -2.66. The number of hydrogen-bond donors (Lipinski definition) is 2. The number of alkyl halides is 3. The van der Waals surface area contributed by atoms with E-state index in [-0.39, 0.29) is 5.69 Å².